The number of pyridine rings is 1. The fourth-order valence-electron chi connectivity index (χ4n) is 1.03. The Morgan fingerprint density at radius 3 is 2.67 bits per heavy atom. The van der Waals surface area contributed by atoms with E-state index in [-0.39, 0.29) is 11.5 Å². The van der Waals surface area contributed by atoms with Crippen molar-refractivity contribution in [3.05, 3.63) is 30.2 Å². The molecule has 0 unspecified atom stereocenters. The highest BCUT2D eigenvalue weighted by molar-refractivity contribution is 6.05. The summed E-state index contributed by atoms with van der Waals surface area (Å²) in [7, 11) is 0. The van der Waals surface area contributed by atoms with Crippen molar-refractivity contribution < 1.29 is 4.79 Å². The summed E-state index contributed by atoms with van der Waals surface area (Å²) in [6.07, 6.45) is 3.14. The summed E-state index contributed by atoms with van der Waals surface area (Å²) in [5.41, 5.74) is 6.12. The van der Waals surface area contributed by atoms with Crippen molar-refractivity contribution in [2.45, 2.75) is 0 Å². The highest BCUT2D eigenvalue weighted by Gasteiger charge is 2.13. The summed E-state index contributed by atoms with van der Waals surface area (Å²) in [6.45, 7) is 0. The monoisotopic (exact) mass is 204 g/mol. The maximum Gasteiger partial charge on any atom is 0.280 e. The van der Waals surface area contributed by atoms with E-state index >= 15 is 0 Å². The van der Waals surface area contributed by atoms with Crippen molar-refractivity contribution in [3.8, 4) is 0 Å². The van der Waals surface area contributed by atoms with Gasteiger partial charge in [0, 0.05) is 18.1 Å². The Kier molecular flexibility index (Phi) is 2.28. The van der Waals surface area contributed by atoms with Gasteiger partial charge in [0.15, 0.2) is 11.5 Å². The van der Waals surface area contributed by atoms with Crippen LogP contribution in [0.3, 0.4) is 0 Å². The third-order valence-corrected chi connectivity index (χ3v) is 1.73. The van der Waals surface area contributed by atoms with Crippen LogP contribution in [0.2, 0.25) is 0 Å². The van der Waals surface area contributed by atoms with Gasteiger partial charge in [-0.05, 0) is 12.1 Å². The number of carbonyl (C=O) groups excluding carboxylic acids is 1. The van der Waals surface area contributed by atoms with Gasteiger partial charge in [-0.3, -0.25) is 9.78 Å². The number of hydrogen-bond donors (Lipinski definition) is 3. The molecule has 2 aromatic rings. The molecule has 0 aliphatic carbocycles. The van der Waals surface area contributed by atoms with Gasteiger partial charge in [0.25, 0.3) is 5.91 Å². The second-order valence-corrected chi connectivity index (χ2v) is 2.75. The quantitative estimate of drug-likeness (QED) is 0.639. The van der Waals surface area contributed by atoms with Gasteiger partial charge in [-0.15, -0.1) is 10.2 Å². The lowest BCUT2D eigenvalue weighted by molar-refractivity contribution is 0.102. The molecule has 4 N–H and O–H groups in total. The Labute approximate surface area is 84.7 Å². The minimum atomic E-state index is -0.410. The Morgan fingerprint density at radius 1 is 1.33 bits per heavy atom. The SMILES string of the molecule is Nc1n[nH]nc1C(=O)Nc1ccncc1. The Bertz CT molecular complexity index is 465. The van der Waals surface area contributed by atoms with Crippen molar-refractivity contribution in [2.75, 3.05) is 11.1 Å². The first-order valence-corrected chi connectivity index (χ1v) is 4.15. The highest BCUT2D eigenvalue weighted by Crippen LogP contribution is 2.08. The number of nitrogens with one attached hydrogen (secondary N) is 2. The number of aromatic nitrogens is 4. The van der Waals surface area contributed by atoms with Gasteiger partial charge in [-0.2, -0.15) is 5.21 Å². The minimum Gasteiger partial charge on any atom is -0.380 e. The number of nitrogen functional groups attached to an aromatic ring is 1. The van der Waals surface area contributed by atoms with Crippen LogP contribution in [0.25, 0.3) is 0 Å². The van der Waals surface area contributed by atoms with E-state index in [9.17, 15) is 4.79 Å². The molecule has 0 spiro atoms. The first-order valence-electron chi connectivity index (χ1n) is 4.15. The Morgan fingerprint density at radius 2 is 2.07 bits per heavy atom. The average Bonchev–Trinajstić information content (AvgIpc) is 2.66. The van der Waals surface area contributed by atoms with E-state index in [0.29, 0.717) is 5.69 Å². The van der Waals surface area contributed by atoms with Crippen LogP contribution in [0.4, 0.5) is 11.5 Å². The standard InChI is InChI=1S/C8H8N6O/c9-7-6(12-14-13-7)8(15)11-5-1-3-10-4-2-5/h1-4H,(H,10,11,15)(H3,9,12,13,14). The second kappa shape index (κ2) is 3.74. The molecule has 0 aliphatic rings. The van der Waals surface area contributed by atoms with Gasteiger partial charge in [0.2, 0.25) is 0 Å². The van der Waals surface area contributed by atoms with Gasteiger partial charge in [-0.25, -0.2) is 0 Å². The first-order chi connectivity index (χ1) is 7.27. The molecular formula is C8H8N6O. The lowest BCUT2D eigenvalue weighted by atomic mass is 10.3. The zero-order valence-corrected chi connectivity index (χ0v) is 7.64. The molecule has 0 saturated carbocycles. The highest BCUT2D eigenvalue weighted by atomic mass is 16.2. The molecular weight excluding hydrogens is 196 g/mol. The largest absolute Gasteiger partial charge is 0.380 e. The third kappa shape index (κ3) is 1.90. The topological polar surface area (TPSA) is 110 Å². The van der Waals surface area contributed by atoms with Crippen LogP contribution in [0.1, 0.15) is 10.5 Å². The molecule has 2 rings (SSSR count). The number of anilines is 2. The van der Waals surface area contributed by atoms with Gasteiger partial charge in [0.1, 0.15) is 0 Å². The molecule has 2 aromatic heterocycles. The molecule has 7 heteroatoms. The fraction of sp³-hybridized carbons (Fsp3) is 0. The van der Waals surface area contributed by atoms with Crippen LogP contribution in [0.15, 0.2) is 24.5 Å². The Balaban J connectivity index is 2.15. The third-order valence-electron chi connectivity index (χ3n) is 1.73. The van der Waals surface area contributed by atoms with Crippen molar-refractivity contribution >= 4 is 17.4 Å². The molecule has 0 saturated heterocycles. The fourth-order valence-corrected chi connectivity index (χ4v) is 1.03. The van der Waals surface area contributed by atoms with E-state index in [1.54, 1.807) is 24.5 Å². The summed E-state index contributed by atoms with van der Waals surface area (Å²) < 4.78 is 0. The molecule has 7 nitrogen and oxygen atoms in total. The summed E-state index contributed by atoms with van der Waals surface area (Å²) in [6, 6.07) is 3.32. The molecule has 0 fully saturated rings. The molecule has 0 radical (unpaired) electrons. The number of nitrogens with zero attached hydrogens (tertiary/aromatic N) is 3. The van der Waals surface area contributed by atoms with Crippen LogP contribution in [-0.2, 0) is 0 Å². The molecule has 0 atom stereocenters. The summed E-state index contributed by atoms with van der Waals surface area (Å²) >= 11 is 0. The molecule has 15 heavy (non-hydrogen) atoms. The molecule has 2 heterocycles. The van der Waals surface area contributed by atoms with Crippen molar-refractivity contribution in [2.24, 2.45) is 0 Å². The number of amides is 1. The number of carbonyl (C=O) groups is 1. The summed E-state index contributed by atoms with van der Waals surface area (Å²) in [4.78, 5) is 15.4. The van der Waals surface area contributed by atoms with Crippen LogP contribution < -0.4 is 11.1 Å². The van der Waals surface area contributed by atoms with Crippen molar-refractivity contribution in [1.82, 2.24) is 20.4 Å². The molecule has 76 valence electrons. The summed E-state index contributed by atoms with van der Waals surface area (Å²) in [5, 5.41) is 12.0. The zero-order chi connectivity index (χ0) is 10.7. The van der Waals surface area contributed by atoms with Crippen molar-refractivity contribution in [1.29, 1.82) is 0 Å². The van der Waals surface area contributed by atoms with Gasteiger partial charge in [0.05, 0.1) is 0 Å². The van der Waals surface area contributed by atoms with E-state index in [1.807, 2.05) is 0 Å². The number of nitrogens with two attached hydrogens (primary N) is 1. The van der Waals surface area contributed by atoms with E-state index < -0.39 is 5.91 Å². The number of hydrogen-bond acceptors (Lipinski definition) is 5. The van der Waals surface area contributed by atoms with E-state index in [2.05, 4.69) is 25.7 Å². The maximum atomic E-state index is 11.6. The van der Waals surface area contributed by atoms with Crippen LogP contribution in [0.5, 0.6) is 0 Å². The number of rotatable bonds is 2. The first kappa shape index (κ1) is 9.13. The predicted octanol–water partition coefficient (Wildman–Crippen LogP) is 0.0342. The molecule has 1 amide bonds. The van der Waals surface area contributed by atoms with Gasteiger partial charge in [-0.1, -0.05) is 0 Å². The van der Waals surface area contributed by atoms with Gasteiger partial charge < -0.3 is 11.1 Å². The predicted molar refractivity (Wildman–Crippen MR) is 53.0 cm³/mol. The second-order valence-electron chi connectivity index (χ2n) is 2.75. The lowest BCUT2D eigenvalue weighted by Gasteiger charge is -2.01. The molecule has 0 aromatic carbocycles. The van der Waals surface area contributed by atoms with Crippen molar-refractivity contribution in [3.63, 3.8) is 0 Å². The van der Waals surface area contributed by atoms with E-state index in [1.165, 1.54) is 0 Å². The number of aromatic amines is 1. The number of H-pyrrole nitrogens is 1. The zero-order valence-electron chi connectivity index (χ0n) is 7.64. The molecule has 0 bridgehead atoms. The van der Waals surface area contributed by atoms with Gasteiger partial charge >= 0.3 is 0 Å². The van der Waals surface area contributed by atoms with Crippen LogP contribution >= 0.6 is 0 Å². The minimum absolute atomic E-state index is 0.0709. The van der Waals surface area contributed by atoms with E-state index in [4.69, 9.17) is 5.73 Å². The lowest BCUT2D eigenvalue weighted by Crippen LogP contribution is -2.14. The average molecular weight is 204 g/mol. The van der Waals surface area contributed by atoms with E-state index in [0.717, 1.165) is 0 Å². The van der Waals surface area contributed by atoms with Crippen LogP contribution in [-0.4, -0.2) is 26.3 Å². The summed E-state index contributed by atoms with van der Waals surface area (Å²) in [5.74, 6) is -0.339. The molecule has 0 aliphatic heterocycles. The normalized spacial score (nSPS) is 9.87. The van der Waals surface area contributed by atoms with Crippen LogP contribution in [0, 0.1) is 0 Å². The Hall–Kier alpha value is -2.44. The smallest absolute Gasteiger partial charge is 0.280 e. The maximum absolute atomic E-state index is 11.6.